The zero-order chi connectivity index (χ0) is 22.0. The van der Waals surface area contributed by atoms with Gasteiger partial charge in [0.2, 0.25) is 5.91 Å². The maximum absolute atomic E-state index is 13.1. The van der Waals surface area contributed by atoms with Gasteiger partial charge < -0.3 is 19.2 Å². The lowest BCUT2D eigenvalue weighted by Gasteiger charge is -2.13. The first-order valence-corrected chi connectivity index (χ1v) is 10.1. The number of hydrogen-bond donors (Lipinski definition) is 1. The molecule has 0 spiro atoms. The highest BCUT2D eigenvalue weighted by Crippen LogP contribution is 2.29. The zero-order valence-corrected chi connectivity index (χ0v) is 17.6. The van der Waals surface area contributed by atoms with Crippen molar-refractivity contribution >= 4 is 33.1 Å². The van der Waals surface area contributed by atoms with Crippen molar-refractivity contribution in [1.82, 2.24) is 9.13 Å². The van der Waals surface area contributed by atoms with Crippen LogP contribution in [0.1, 0.15) is 5.76 Å². The predicted octanol–water partition coefficient (Wildman–Crippen LogP) is 2.52. The fourth-order valence-electron chi connectivity index (χ4n) is 3.24. The average Bonchev–Trinajstić information content (AvgIpc) is 3.46. The van der Waals surface area contributed by atoms with Crippen LogP contribution in [0, 0.1) is 0 Å². The van der Waals surface area contributed by atoms with E-state index in [1.54, 1.807) is 41.8 Å². The molecule has 0 saturated heterocycles. The van der Waals surface area contributed by atoms with Crippen molar-refractivity contribution < 1.29 is 18.7 Å². The number of thiophene rings is 1. The van der Waals surface area contributed by atoms with Crippen LogP contribution >= 0.6 is 11.3 Å². The summed E-state index contributed by atoms with van der Waals surface area (Å²) in [5, 5.41) is 4.46. The quantitative estimate of drug-likeness (QED) is 0.473. The molecule has 0 radical (unpaired) electrons. The summed E-state index contributed by atoms with van der Waals surface area (Å²) in [5.41, 5.74) is -0.1000. The highest BCUT2D eigenvalue weighted by atomic mass is 32.1. The molecule has 1 aromatic carbocycles. The minimum absolute atomic E-state index is 0.0181. The van der Waals surface area contributed by atoms with Crippen molar-refractivity contribution in [2.75, 3.05) is 19.5 Å². The summed E-state index contributed by atoms with van der Waals surface area (Å²) >= 11 is 1.22. The lowest BCUT2D eigenvalue weighted by Crippen LogP contribution is -2.41. The number of methoxy groups -OCH3 is 2. The van der Waals surface area contributed by atoms with Crippen LogP contribution in [0.5, 0.6) is 11.5 Å². The molecule has 0 aliphatic rings. The summed E-state index contributed by atoms with van der Waals surface area (Å²) in [6, 6.07) is 9.97. The first-order chi connectivity index (χ1) is 15.0. The molecule has 9 nitrogen and oxygen atoms in total. The lowest BCUT2D eigenvalue weighted by atomic mass is 10.2. The molecule has 0 bridgehead atoms. The number of furan rings is 1. The van der Waals surface area contributed by atoms with E-state index < -0.39 is 17.2 Å². The van der Waals surface area contributed by atoms with Crippen molar-refractivity contribution in [3.05, 3.63) is 74.6 Å². The van der Waals surface area contributed by atoms with E-state index >= 15 is 0 Å². The van der Waals surface area contributed by atoms with Gasteiger partial charge in [0.05, 0.1) is 32.5 Å². The Labute approximate surface area is 180 Å². The molecular weight excluding hydrogens is 422 g/mol. The van der Waals surface area contributed by atoms with Crippen molar-refractivity contribution in [2.24, 2.45) is 0 Å². The number of carbonyl (C=O) groups excluding carboxylic acids is 1. The van der Waals surface area contributed by atoms with Crippen LogP contribution in [0.15, 0.2) is 62.0 Å². The van der Waals surface area contributed by atoms with Gasteiger partial charge in [-0.2, -0.15) is 0 Å². The van der Waals surface area contributed by atoms with E-state index in [2.05, 4.69) is 5.32 Å². The maximum Gasteiger partial charge on any atom is 0.332 e. The van der Waals surface area contributed by atoms with Crippen LogP contribution in [0.4, 0.5) is 5.69 Å². The van der Waals surface area contributed by atoms with Crippen molar-refractivity contribution in [3.63, 3.8) is 0 Å². The van der Waals surface area contributed by atoms with E-state index in [1.165, 1.54) is 36.4 Å². The Morgan fingerprint density at radius 1 is 1.10 bits per heavy atom. The number of ether oxygens (including phenoxy) is 2. The molecule has 160 valence electrons. The molecule has 3 heterocycles. The minimum atomic E-state index is -0.588. The summed E-state index contributed by atoms with van der Waals surface area (Å²) in [4.78, 5) is 38.6. The minimum Gasteiger partial charge on any atom is -0.493 e. The predicted molar refractivity (Wildman–Crippen MR) is 116 cm³/mol. The topological polar surface area (TPSA) is 105 Å². The van der Waals surface area contributed by atoms with Gasteiger partial charge in [-0.05, 0) is 35.7 Å². The summed E-state index contributed by atoms with van der Waals surface area (Å²) in [7, 11) is 3.02. The van der Waals surface area contributed by atoms with Crippen molar-refractivity contribution in [1.29, 1.82) is 0 Å². The van der Waals surface area contributed by atoms with Crippen molar-refractivity contribution in [3.8, 4) is 11.5 Å². The van der Waals surface area contributed by atoms with Gasteiger partial charge in [-0.15, -0.1) is 11.3 Å². The van der Waals surface area contributed by atoms with Crippen LogP contribution < -0.4 is 26.0 Å². The maximum atomic E-state index is 13.1. The van der Waals surface area contributed by atoms with Gasteiger partial charge in [0.1, 0.15) is 17.0 Å². The zero-order valence-electron chi connectivity index (χ0n) is 16.8. The third-order valence-electron chi connectivity index (χ3n) is 4.70. The van der Waals surface area contributed by atoms with E-state index in [0.29, 0.717) is 33.2 Å². The number of benzene rings is 1. The summed E-state index contributed by atoms with van der Waals surface area (Å²) in [5.74, 6) is 1.04. The van der Waals surface area contributed by atoms with E-state index in [-0.39, 0.29) is 13.1 Å². The Morgan fingerprint density at radius 3 is 2.61 bits per heavy atom. The third kappa shape index (κ3) is 3.97. The third-order valence-corrected chi connectivity index (χ3v) is 5.59. The van der Waals surface area contributed by atoms with E-state index in [1.807, 2.05) is 0 Å². The van der Waals surface area contributed by atoms with Crippen LogP contribution in [-0.2, 0) is 17.9 Å². The summed E-state index contributed by atoms with van der Waals surface area (Å²) in [6.07, 6.45) is 1.47. The van der Waals surface area contributed by atoms with Gasteiger partial charge in [-0.3, -0.25) is 18.7 Å². The van der Waals surface area contributed by atoms with Crippen LogP contribution in [0.2, 0.25) is 0 Å². The highest BCUT2D eigenvalue weighted by Gasteiger charge is 2.17. The first kappa shape index (κ1) is 20.5. The molecule has 0 aliphatic heterocycles. The number of hydrogen-bond acceptors (Lipinski definition) is 7. The summed E-state index contributed by atoms with van der Waals surface area (Å²) in [6.45, 7) is -0.283. The van der Waals surface area contributed by atoms with Crippen LogP contribution in [-0.4, -0.2) is 29.3 Å². The molecular formula is C21H19N3O6S. The molecule has 3 aromatic heterocycles. The molecule has 0 unspecified atom stereocenters. The molecule has 1 N–H and O–H groups in total. The Kier molecular flexibility index (Phi) is 5.63. The number of amides is 1. The Hall–Kier alpha value is -3.79. The molecule has 0 aliphatic carbocycles. The van der Waals surface area contributed by atoms with Crippen molar-refractivity contribution in [2.45, 2.75) is 13.1 Å². The normalized spacial score (nSPS) is 10.9. The molecule has 0 fully saturated rings. The first-order valence-electron chi connectivity index (χ1n) is 9.27. The summed E-state index contributed by atoms with van der Waals surface area (Å²) < 4.78 is 18.5. The number of nitrogens with zero attached hydrogens (tertiary/aromatic N) is 2. The monoisotopic (exact) mass is 441 g/mol. The number of anilines is 1. The molecule has 4 rings (SSSR count). The lowest BCUT2D eigenvalue weighted by molar-refractivity contribution is -0.116. The van der Waals surface area contributed by atoms with Gasteiger partial charge in [-0.25, -0.2) is 4.79 Å². The van der Waals surface area contributed by atoms with Gasteiger partial charge >= 0.3 is 5.69 Å². The largest absolute Gasteiger partial charge is 0.493 e. The Morgan fingerprint density at radius 2 is 1.90 bits per heavy atom. The second-order valence-electron chi connectivity index (χ2n) is 6.59. The molecule has 4 aromatic rings. The Bertz CT molecular complexity index is 1350. The molecule has 31 heavy (non-hydrogen) atoms. The number of nitrogens with one attached hydrogen (secondary N) is 1. The molecule has 10 heteroatoms. The Balaban J connectivity index is 1.66. The van der Waals surface area contributed by atoms with Gasteiger partial charge in [0.25, 0.3) is 5.56 Å². The standard InChI is InChI=1S/C21H19N3O6S/c1-28-16-6-5-13(10-17(16)29-2)22-18(25)12-23-15-7-9-31-19(15)20(26)24(21(23)27)11-14-4-3-8-30-14/h3-10H,11-12H2,1-2H3,(H,22,25). The number of fused-ring (bicyclic) bond motifs is 1. The SMILES string of the molecule is COc1ccc(NC(=O)Cn2c(=O)n(Cc3ccco3)c(=O)c3sccc32)cc1OC. The number of carbonyl (C=O) groups is 1. The fourth-order valence-corrected chi connectivity index (χ4v) is 4.09. The van der Waals surface area contributed by atoms with Gasteiger partial charge in [0, 0.05) is 11.8 Å². The average molecular weight is 441 g/mol. The van der Waals surface area contributed by atoms with Crippen LogP contribution in [0.25, 0.3) is 10.2 Å². The van der Waals surface area contributed by atoms with E-state index in [4.69, 9.17) is 13.9 Å². The van der Waals surface area contributed by atoms with Crippen LogP contribution in [0.3, 0.4) is 0 Å². The number of aromatic nitrogens is 2. The molecule has 0 atom stereocenters. The van der Waals surface area contributed by atoms with E-state index in [0.717, 1.165) is 4.57 Å². The number of rotatable bonds is 7. The highest BCUT2D eigenvalue weighted by molar-refractivity contribution is 7.17. The van der Waals surface area contributed by atoms with Gasteiger partial charge in [0.15, 0.2) is 11.5 Å². The van der Waals surface area contributed by atoms with E-state index in [9.17, 15) is 14.4 Å². The molecule has 1 amide bonds. The second kappa shape index (κ2) is 8.52. The fraction of sp³-hybridized carbons (Fsp3) is 0.190. The molecule has 0 saturated carbocycles. The second-order valence-corrected chi connectivity index (χ2v) is 7.51. The van der Waals surface area contributed by atoms with Gasteiger partial charge in [-0.1, -0.05) is 0 Å². The smallest absolute Gasteiger partial charge is 0.332 e.